The molecule has 1 fully saturated rings. The average molecular weight is 287 g/mol. The number of anilines is 1. The molecule has 1 atom stereocenters. The SMILES string of the molecule is CC(C)N[C@@H]1CCc2cccc(N3CCN(C)CC3)c2C1. The van der Waals surface area contributed by atoms with Gasteiger partial charge in [0, 0.05) is 44.0 Å². The Hall–Kier alpha value is -1.06. The van der Waals surface area contributed by atoms with E-state index in [0.717, 1.165) is 13.1 Å². The molecule has 3 rings (SSSR count). The van der Waals surface area contributed by atoms with Crippen molar-refractivity contribution in [2.24, 2.45) is 0 Å². The van der Waals surface area contributed by atoms with Crippen molar-refractivity contribution in [1.29, 1.82) is 0 Å². The first kappa shape index (κ1) is 14.9. The zero-order chi connectivity index (χ0) is 14.8. The van der Waals surface area contributed by atoms with Gasteiger partial charge in [0.1, 0.15) is 0 Å². The topological polar surface area (TPSA) is 18.5 Å². The second-order valence-corrected chi connectivity index (χ2v) is 6.97. The molecule has 116 valence electrons. The van der Waals surface area contributed by atoms with Gasteiger partial charge in [0.15, 0.2) is 0 Å². The number of piperazine rings is 1. The molecule has 3 nitrogen and oxygen atoms in total. The highest BCUT2D eigenvalue weighted by molar-refractivity contribution is 5.58. The molecule has 1 aromatic rings. The first-order chi connectivity index (χ1) is 10.1. The second-order valence-electron chi connectivity index (χ2n) is 6.97. The molecule has 1 heterocycles. The number of nitrogens with one attached hydrogen (secondary N) is 1. The Bertz CT molecular complexity index is 475. The van der Waals surface area contributed by atoms with Gasteiger partial charge in [-0.1, -0.05) is 26.0 Å². The van der Waals surface area contributed by atoms with E-state index in [1.807, 2.05) is 0 Å². The molecule has 0 spiro atoms. The standard InChI is InChI=1S/C18H29N3/c1-14(2)19-16-8-7-15-5-4-6-18(17(15)13-16)21-11-9-20(3)10-12-21/h4-6,14,16,19H,7-13H2,1-3H3/t16-/m1/s1. The first-order valence-corrected chi connectivity index (χ1v) is 8.44. The molecule has 1 aliphatic heterocycles. The van der Waals surface area contributed by atoms with Gasteiger partial charge in [0.2, 0.25) is 0 Å². The predicted octanol–water partition coefficient (Wildman–Crippen LogP) is 2.29. The minimum absolute atomic E-state index is 0.576. The smallest absolute Gasteiger partial charge is 0.0403 e. The maximum atomic E-state index is 3.73. The predicted molar refractivity (Wildman–Crippen MR) is 90.2 cm³/mol. The van der Waals surface area contributed by atoms with E-state index in [1.165, 1.54) is 38.0 Å². The van der Waals surface area contributed by atoms with E-state index in [-0.39, 0.29) is 0 Å². The lowest BCUT2D eigenvalue weighted by Gasteiger charge is -2.37. The Morgan fingerprint density at radius 1 is 1.14 bits per heavy atom. The summed E-state index contributed by atoms with van der Waals surface area (Å²) in [5.74, 6) is 0. The fourth-order valence-corrected chi connectivity index (χ4v) is 3.73. The van der Waals surface area contributed by atoms with Gasteiger partial charge in [-0.3, -0.25) is 0 Å². The third-order valence-corrected chi connectivity index (χ3v) is 4.87. The van der Waals surface area contributed by atoms with Crippen LogP contribution in [0.1, 0.15) is 31.4 Å². The lowest BCUT2D eigenvalue weighted by Crippen LogP contribution is -2.45. The monoisotopic (exact) mass is 287 g/mol. The lowest BCUT2D eigenvalue weighted by atomic mass is 9.86. The molecule has 21 heavy (non-hydrogen) atoms. The van der Waals surface area contributed by atoms with Crippen molar-refractivity contribution in [3.8, 4) is 0 Å². The van der Waals surface area contributed by atoms with Crippen molar-refractivity contribution in [1.82, 2.24) is 10.2 Å². The van der Waals surface area contributed by atoms with E-state index in [0.29, 0.717) is 12.1 Å². The van der Waals surface area contributed by atoms with Crippen molar-refractivity contribution >= 4 is 5.69 Å². The summed E-state index contributed by atoms with van der Waals surface area (Å²) in [6.07, 6.45) is 3.69. The van der Waals surface area contributed by atoms with Crippen LogP contribution in [0.25, 0.3) is 0 Å². The molecule has 2 aliphatic rings. The van der Waals surface area contributed by atoms with Crippen molar-refractivity contribution in [3.05, 3.63) is 29.3 Å². The number of rotatable bonds is 3. The second kappa shape index (κ2) is 6.37. The Balaban J connectivity index is 1.80. The van der Waals surface area contributed by atoms with Crippen molar-refractivity contribution in [2.75, 3.05) is 38.1 Å². The average Bonchev–Trinajstić information content (AvgIpc) is 2.47. The zero-order valence-corrected chi connectivity index (χ0v) is 13.7. The highest BCUT2D eigenvalue weighted by atomic mass is 15.2. The van der Waals surface area contributed by atoms with E-state index in [4.69, 9.17) is 0 Å². The molecular weight excluding hydrogens is 258 g/mol. The molecule has 0 amide bonds. The summed E-state index contributed by atoms with van der Waals surface area (Å²) in [6, 6.07) is 8.14. The van der Waals surface area contributed by atoms with Gasteiger partial charge in [-0.2, -0.15) is 0 Å². The van der Waals surface area contributed by atoms with Gasteiger partial charge in [-0.05, 0) is 43.5 Å². The summed E-state index contributed by atoms with van der Waals surface area (Å²) < 4.78 is 0. The number of nitrogens with zero attached hydrogens (tertiary/aromatic N) is 2. The molecule has 0 radical (unpaired) electrons. The summed E-state index contributed by atoms with van der Waals surface area (Å²) in [5, 5.41) is 3.73. The van der Waals surface area contributed by atoms with Crippen molar-refractivity contribution in [3.63, 3.8) is 0 Å². The summed E-state index contributed by atoms with van der Waals surface area (Å²) in [6.45, 7) is 9.18. The summed E-state index contributed by atoms with van der Waals surface area (Å²) in [7, 11) is 2.22. The van der Waals surface area contributed by atoms with Crippen LogP contribution in [-0.2, 0) is 12.8 Å². The van der Waals surface area contributed by atoms with E-state index in [1.54, 1.807) is 11.1 Å². The molecule has 0 unspecified atom stereocenters. The fraction of sp³-hybridized carbons (Fsp3) is 0.667. The molecule has 1 N–H and O–H groups in total. The van der Waals surface area contributed by atoms with Gasteiger partial charge < -0.3 is 15.1 Å². The number of likely N-dealkylation sites (N-methyl/N-ethyl adjacent to an activating group) is 1. The number of hydrogen-bond donors (Lipinski definition) is 1. The zero-order valence-electron chi connectivity index (χ0n) is 13.7. The molecule has 1 saturated heterocycles. The van der Waals surface area contributed by atoms with Gasteiger partial charge >= 0.3 is 0 Å². The normalized spacial score (nSPS) is 23.4. The molecule has 0 aromatic heterocycles. The van der Waals surface area contributed by atoms with Crippen LogP contribution in [0.3, 0.4) is 0 Å². The fourth-order valence-electron chi connectivity index (χ4n) is 3.73. The molecular formula is C18H29N3. The van der Waals surface area contributed by atoms with Gasteiger partial charge in [-0.25, -0.2) is 0 Å². The maximum Gasteiger partial charge on any atom is 0.0403 e. The van der Waals surface area contributed by atoms with Gasteiger partial charge in [-0.15, -0.1) is 0 Å². The quantitative estimate of drug-likeness (QED) is 0.920. The Morgan fingerprint density at radius 3 is 2.62 bits per heavy atom. The molecule has 3 heteroatoms. The molecule has 1 aromatic carbocycles. The largest absolute Gasteiger partial charge is 0.369 e. The number of hydrogen-bond acceptors (Lipinski definition) is 3. The van der Waals surface area contributed by atoms with Crippen LogP contribution < -0.4 is 10.2 Å². The summed E-state index contributed by atoms with van der Waals surface area (Å²) >= 11 is 0. The number of aryl methyl sites for hydroxylation is 1. The minimum Gasteiger partial charge on any atom is -0.369 e. The van der Waals surface area contributed by atoms with Crippen LogP contribution in [0, 0.1) is 0 Å². The highest BCUT2D eigenvalue weighted by Crippen LogP contribution is 2.31. The Kier molecular flexibility index (Phi) is 4.51. The third kappa shape index (κ3) is 3.41. The van der Waals surface area contributed by atoms with Gasteiger partial charge in [0.05, 0.1) is 0 Å². The molecule has 1 aliphatic carbocycles. The first-order valence-electron chi connectivity index (χ1n) is 8.44. The summed E-state index contributed by atoms with van der Waals surface area (Å²) in [4.78, 5) is 5.02. The summed E-state index contributed by atoms with van der Waals surface area (Å²) in [5.41, 5.74) is 4.68. The van der Waals surface area contributed by atoms with Crippen LogP contribution >= 0.6 is 0 Å². The molecule has 0 bridgehead atoms. The van der Waals surface area contributed by atoms with Crippen molar-refractivity contribution in [2.45, 2.75) is 45.2 Å². The number of fused-ring (bicyclic) bond motifs is 1. The van der Waals surface area contributed by atoms with E-state index in [9.17, 15) is 0 Å². The number of benzene rings is 1. The van der Waals surface area contributed by atoms with Gasteiger partial charge in [0.25, 0.3) is 0 Å². The van der Waals surface area contributed by atoms with Crippen LogP contribution in [0.4, 0.5) is 5.69 Å². The highest BCUT2D eigenvalue weighted by Gasteiger charge is 2.24. The minimum atomic E-state index is 0.576. The third-order valence-electron chi connectivity index (χ3n) is 4.87. The maximum absolute atomic E-state index is 3.73. The van der Waals surface area contributed by atoms with Crippen LogP contribution in [0.15, 0.2) is 18.2 Å². The van der Waals surface area contributed by atoms with Crippen molar-refractivity contribution < 1.29 is 0 Å². The van der Waals surface area contributed by atoms with E-state index in [2.05, 4.69) is 54.2 Å². The molecule has 0 saturated carbocycles. The van der Waals surface area contributed by atoms with Crippen LogP contribution in [-0.4, -0.2) is 50.2 Å². The van der Waals surface area contributed by atoms with Crippen LogP contribution in [0.5, 0.6) is 0 Å². The lowest BCUT2D eigenvalue weighted by molar-refractivity contribution is 0.312. The Morgan fingerprint density at radius 2 is 1.90 bits per heavy atom. The Labute approximate surface area is 129 Å². The van der Waals surface area contributed by atoms with E-state index < -0.39 is 0 Å². The van der Waals surface area contributed by atoms with Crippen LogP contribution in [0.2, 0.25) is 0 Å². The van der Waals surface area contributed by atoms with E-state index >= 15 is 0 Å².